The van der Waals surface area contributed by atoms with Crippen LogP contribution in [-0.2, 0) is 13.1 Å². The van der Waals surface area contributed by atoms with E-state index in [2.05, 4.69) is 34.4 Å². The number of thiazole rings is 1. The Morgan fingerprint density at radius 2 is 1.96 bits per heavy atom. The zero-order chi connectivity index (χ0) is 16.7. The van der Waals surface area contributed by atoms with Crippen molar-refractivity contribution in [3.8, 4) is 5.75 Å². The molecule has 1 amide bonds. The largest absolute Gasteiger partial charge is 0.497 e. The van der Waals surface area contributed by atoms with Crippen LogP contribution in [0.1, 0.15) is 34.9 Å². The van der Waals surface area contributed by atoms with E-state index >= 15 is 0 Å². The van der Waals surface area contributed by atoms with Gasteiger partial charge in [-0.3, -0.25) is 9.69 Å². The molecule has 0 radical (unpaired) electrons. The molecule has 0 unspecified atom stereocenters. The number of hydrogen-bond acceptors (Lipinski definition) is 5. The van der Waals surface area contributed by atoms with E-state index in [1.54, 1.807) is 42.7 Å². The maximum Gasteiger partial charge on any atom is 0.251 e. The minimum absolute atomic E-state index is 0.104. The molecule has 0 atom stereocenters. The van der Waals surface area contributed by atoms with Crippen molar-refractivity contribution in [1.82, 2.24) is 15.2 Å². The number of benzene rings is 1. The molecule has 0 spiro atoms. The number of rotatable bonds is 8. The Morgan fingerprint density at radius 3 is 2.57 bits per heavy atom. The van der Waals surface area contributed by atoms with Gasteiger partial charge in [-0.2, -0.15) is 0 Å². The molecule has 5 nitrogen and oxygen atoms in total. The van der Waals surface area contributed by atoms with E-state index in [1.807, 2.05) is 0 Å². The van der Waals surface area contributed by atoms with Crippen molar-refractivity contribution < 1.29 is 9.53 Å². The topological polar surface area (TPSA) is 54.5 Å². The van der Waals surface area contributed by atoms with Crippen molar-refractivity contribution in [1.29, 1.82) is 0 Å². The second-order valence-electron chi connectivity index (χ2n) is 5.11. The van der Waals surface area contributed by atoms with Crippen LogP contribution >= 0.6 is 11.3 Å². The summed E-state index contributed by atoms with van der Waals surface area (Å²) in [5.74, 6) is 0.635. The molecule has 6 heteroatoms. The van der Waals surface area contributed by atoms with Gasteiger partial charge < -0.3 is 10.1 Å². The van der Waals surface area contributed by atoms with Crippen LogP contribution in [0.5, 0.6) is 5.75 Å². The molecule has 2 rings (SSSR count). The van der Waals surface area contributed by atoms with Gasteiger partial charge in [0.25, 0.3) is 5.91 Å². The van der Waals surface area contributed by atoms with Gasteiger partial charge in [-0.25, -0.2) is 4.98 Å². The number of ether oxygens (including phenoxy) is 1. The standard InChI is InChI=1S/C17H23N3O2S/c1-4-20(5-2)11-14-12-23-16(19-14)10-18-17(21)13-6-8-15(22-3)9-7-13/h6-9,12H,4-5,10-11H2,1-3H3,(H,18,21). The Labute approximate surface area is 141 Å². The Bertz CT molecular complexity index is 621. The second-order valence-corrected chi connectivity index (χ2v) is 6.05. The lowest BCUT2D eigenvalue weighted by atomic mass is 10.2. The molecule has 124 valence electrons. The number of amides is 1. The number of hydrogen-bond donors (Lipinski definition) is 1. The molecule has 1 heterocycles. The Hall–Kier alpha value is -1.92. The lowest BCUT2D eigenvalue weighted by Gasteiger charge is -2.15. The molecular weight excluding hydrogens is 310 g/mol. The summed E-state index contributed by atoms with van der Waals surface area (Å²) in [6.45, 7) is 7.62. The monoisotopic (exact) mass is 333 g/mol. The Balaban J connectivity index is 1.87. The van der Waals surface area contributed by atoms with Crippen molar-refractivity contribution in [2.75, 3.05) is 20.2 Å². The summed E-state index contributed by atoms with van der Waals surface area (Å²) in [6, 6.07) is 7.06. The van der Waals surface area contributed by atoms with Crippen LogP contribution < -0.4 is 10.1 Å². The predicted molar refractivity (Wildman–Crippen MR) is 92.9 cm³/mol. The van der Waals surface area contributed by atoms with Gasteiger partial charge in [0, 0.05) is 17.5 Å². The summed E-state index contributed by atoms with van der Waals surface area (Å²) in [6.07, 6.45) is 0. The fourth-order valence-electron chi connectivity index (χ4n) is 2.18. The molecule has 0 aliphatic carbocycles. The van der Waals surface area contributed by atoms with Crippen LogP contribution in [0.25, 0.3) is 0 Å². The summed E-state index contributed by atoms with van der Waals surface area (Å²) >= 11 is 1.58. The van der Waals surface area contributed by atoms with Crippen LogP contribution in [-0.4, -0.2) is 36.0 Å². The van der Waals surface area contributed by atoms with Crippen molar-refractivity contribution in [2.45, 2.75) is 26.9 Å². The van der Waals surface area contributed by atoms with Crippen LogP contribution in [0.3, 0.4) is 0 Å². The van der Waals surface area contributed by atoms with E-state index in [-0.39, 0.29) is 5.91 Å². The number of aromatic nitrogens is 1. The number of carbonyl (C=O) groups is 1. The van der Waals surface area contributed by atoms with Crippen LogP contribution in [0, 0.1) is 0 Å². The number of methoxy groups -OCH3 is 1. The third kappa shape index (κ3) is 5.04. The highest BCUT2D eigenvalue weighted by molar-refractivity contribution is 7.09. The maximum absolute atomic E-state index is 12.1. The van der Waals surface area contributed by atoms with Crippen molar-refractivity contribution in [2.24, 2.45) is 0 Å². The second kappa shape index (κ2) is 8.64. The molecule has 0 aliphatic rings. The minimum Gasteiger partial charge on any atom is -0.497 e. The van der Waals surface area contributed by atoms with Crippen molar-refractivity contribution >= 4 is 17.2 Å². The van der Waals surface area contributed by atoms with Gasteiger partial charge in [0.15, 0.2) is 0 Å². The van der Waals surface area contributed by atoms with E-state index in [0.717, 1.165) is 36.1 Å². The van der Waals surface area contributed by atoms with E-state index in [4.69, 9.17) is 4.74 Å². The Kier molecular flexibility index (Phi) is 6.55. The molecule has 0 saturated carbocycles. The lowest BCUT2D eigenvalue weighted by molar-refractivity contribution is 0.0951. The molecule has 23 heavy (non-hydrogen) atoms. The molecule has 0 aliphatic heterocycles. The van der Waals surface area contributed by atoms with Gasteiger partial charge in [-0.1, -0.05) is 13.8 Å². The first-order valence-corrected chi connectivity index (χ1v) is 8.62. The van der Waals surface area contributed by atoms with E-state index in [0.29, 0.717) is 12.1 Å². The first-order valence-electron chi connectivity index (χ1n) is 7.74. The zero-order valence-corrected chi connectivity index (χ0v) is 14.7. The zero-order valence-electron chi connectivity index (χ0n) is 13.8. The summed E-state index contributed by atoms with van der Waals surface area (Å²) < 4.78 is 5.09. The number of nitrogens with zero attached hydrogens (tertiary/aromatic N) is 2. The minimum atomic E-state index is -0.104. The normalized spacial score (nSPS) is 10.8. The molecule has 2 aromatic rings. The summed E-state index contributed by atoms with van der Waals surface area (Å²) in [5.41, 5.74) is 1.68. The van der Waals surface area contributed by atoms with Gasteiger partial charge in [0.1, 0.15) is 10.8 Å². The SMILES string of the molecule is CCN(CC)Cc1csc(CNC(=O)c2ccc(OC)cc2)n1. The highest BCUT2D eigenvalue weighted by Gasteiger charge is 2.09. The molecule has 1 N–H and O–H groups in total. The molecule has 0 saturated heterocycles. The van der Waals surface area contributed by atoms with Gasteiger partial charge in [0.05, 0.1) is 19.3 Å². The number of nitrogens with one attached hydrogen (secondary N) is 1. The molecule has 1 aromatic heterocycles. The van der Waals surface area contributed by atoms with Crippen LogP contribution in [0.4, 0.5) is 0 Å². The smallest absolute Gasteiger partial charge is 0.251 e. The fraction of sp³-hybridized carbons (Fsp3) is 0.412. The molecule has 1 aromatic carbocycles. The summed E-state index contributed by atoms with van der Waals surface area (Å²) in [5, 5.41) is 5.89. The lowest BCUT2D eigenvalue weighted by Crippen LogP contribution is -2.23. The first kappa shape index (κ1) is 17.4. The fourth-order valence-corrected chi connectivity index (χ4v) is 2.90. The highest BCUT2D eigenvalue weighted by Crippen LogP contribution is 2.13. The predicted octanol–water partition coefficient (Wildman–Crippen LogP) is 2.92. The highest BCUT2D eigenvalue weighted by atomic mass is 32.1. The molecular formula is C17H23N3O2S. The van der Waals surface area contributed by atoms with Gasteiger partial charge in [-0.15, -0.1) is 11.3 Å². The maximum atomic E-state index is 12.1. The van der Waals surface area contributed by atoms with Gasteiger partial charge >= 0.3 is 0 Å². The van der Waals surface area contributed by atoms with E-state index < -0.39 is 0 Å². The molecule has 0 bridgehead atoms. The van der Waals surface area contributed by atoms with E-state index in [9.17, 15) is 4.79 Å². The van der Waals surface area contributed by atoms with Crippen LogP contribution in [0.2, 0.25) is 0 Å². The van der Waals surface area contributed by atoms with Gasteiger partial charge in [0.2, 0.25) is 0 Å². The van der Waals surface area contributed by atoms with Crippen molar-refractivity contribution in [3.05, 3.63) is 45.9 Å². The van der Waals surface area contributed by atoms with Crippen LogP contribution in [0.15, 0.2) is 29.6 Å². The first-order chi connectivity index (χ1) is 11.2. The van der Waals surface area contributed by atoms with Crippen molar-refractivity contribution in [3.63, 3.8) is 0 Å². The quantitative estimate of drug-likeness (QED) is 0.807. The average Bonchev–Trinajstić information content (AvgIpc) is 3.05. The third-order valence-electron chi connectivity index (χ3n) is 3.63. The summed E-state index contributed by atoms with van der Waals surface area (Å²) in [4.78, 5) is 19.0. The molecule has 0 fully saturated rings. The Morgan fingerprint density at radius 1 is 1.26 bits per heavy atom. The van der Waals surface area contributed by atoms with Gasteiger partial charge in [-0.05, 0) is 37.4 Å². The summed E-state index contributed by atoms with van der Waals surface area (Å²) in [7, 11) is 1.60. The average molecular weight is 333 g/mol. The third-order valence-corrected chi connectivity index (χ3v) is 4.53. The van der Waals surface area contributed by atoms with E-state index in [1.165, 1.54) is 0 Å². The number of carbonyl (C=O) groups excluding carboxylic acids is 1.